The third-order valence-corrected chi connectivity index (χ3v) is 6.41. The molecule has 0 radical (unpaired) electrons. The monoisotopic (exact) mass is 496 g/mol. The predicted octanol–water partition coefficient (Wildman–Crippen LogP) is 3.36. The minimum Gasteiger partial charge on any atom is -0.493 e. The van der Waals surface area contributed by atoms with Crippen LogP contribution in [-0.4, -0.2) is 51.6 Å². The number of amides is 1. The second kappa shape index (κ2) is 11.4. The maximum absolute atomic E-state index is 11.9. The van der Waals surface area contributed by atoms with Crippen molar-refractivity contribution in [2.75, 3.05) is 26.5 Å². The molecule has 10 nitrogen and oxygen atoms in total. The van der Waals surface area contributed by atoms with E-state index in [0.717, 1.165) is 10.3 Å². The van der Waals surface area contributed by atoms with Crippen molar-refractivity contribution in [1.82, 2.24) is 14.4 Å². The fraction of sp³-hybridized carbons (Fsp3) is 0.476. The number of pyridine rings is 1. The van der Waals surface area contributed by atoms with Gasteiger partial charge in [-0.05, 0) is 45.4 Å². The molecule has 2 rings (SSSR count). The van der Waals surface area contributed by atoms with Gasteiger partial charge in [0.1, 0.15) is 11.7 Å². The first-order valence-corrected chi connectivity index (χ1v) is 12.5. The summed E-state index contributed by atoms with van der Waals surface area (Å²) in [7, 11) is -0.924. The summed E-state index contributed by atoms with van der Waals surface area (Å²) in [5.41, 5.74) is 0.322. The summed E-state index contributed by atoms with van der Waals surface area (Å²) in [6, 6.07) is 5.71. The van der Waals surface area contributed by atoms with Crippen LogP contribution in [0.25, 0.3) is 10.9 Å². The van der Waals surface area contributed by atoms with E-state index < -0.39 is 21.9 Å². The van der Waals surface area contributed by atoms with Crippen molar-refractivity contribution < 1.29 is 27.4 Å². The number of nitrogens with one attached hydrogen (secondary N) is 2. The van der Waals surface area contributed by atoms with Crippen molar-refractivity contribution in [2.45, 2.75) is 44.1 Å². The third-order valence-electron chi connectivity index (χ3n) is 4.17. The van der Waals surface area contributed by atoms with Crippen LogP contribution in [0, 0.1) is 11.3 Å². The number of fused-ring (bicyclic) bond motifs is 1. The zero-order chi connectivity index (χ0) is 24.6. The summed E-state index contributed by atoms with van der Waals surface area (Å²) in [6.07, 6.45) is 1.69. The van der Waals surface area contributed by atoms with Crippen LogP contribution in [0.4, 0.5) is 4.79 Å². The van der Waals surface area contributed by atoms with Gasteiger partial charge in [0.15, 0.2) is 11.5 Å². The summed E-state index contributed by atoms with van der Waals surface area (Å²) in [6.45, 7) is 5.06. The summed E-state index contributed by atoms with van der Waals surface area (Å²) in [4.78, 5) is 16.7. The van der Waals surface area contributed by atoms with Crippen molar-refractivity contribution >= 4 is 39.0 Å². The van der Waals surface area contributed by atoms with Crippen LogP contribution < -0.4 is 18.9 Å². The molecule has 1 aromatic carbocycles. The first-order chi connectivity index (χ1) is 15.5. The molecule has 0 saturated carbocycles. The van der Waals surface area contributed by atoms with Crippen molar-refractivity contribution in [3.63, 3.8) is 0 Å². The maximum atomic E-state index is 11.9. The first-order valence-electron chi connectivity index (χ1n) is 10.1. The Balaban J connectivity index is 1.95. The van der Waals surface area contributed by atoms with E-state index in [1.807, 2.05) is 4.72 Å². The molecule has 0 spiro atoms. The lowest BCUT2D eigenvalue weighted by molar-refractivity contribution is 0.0569. The molecular formula is C21H28N4O6S2. The van der Waals surface area contributed by atoms with Crippen LogP contribution in [-0.2, 0) is 14.9 Å². The molecule has 2 aromatic rings. The molecule has 0 saturated heterocycles. The number of aromatic nitrogens is 1. The summed E-state index contributed by atoms with van der Waals surface area (Å²) < 4.78 is 43.6. The fourth-order valence-corrected chi connectivity index (χ4v) is 4.65. The van der Waals surface area contributed by atoms with Crippen LogP contribution in [0.15, 0.2) is 23.2 Å². The molecule has 2 N–H and O–H groups in total. The van der Waals surface area contributed by atoms with E-state index in [-0.39, 0.29) is 6.54 Å². The average molecular weight is 497 g/mol. The van der Waals surface area contributed by atoms with E-state index in [1.165, 1.54) is 25.1 Å². The van der Waals surface area contributed by atoms with Gasteiger partial charge in [-0.2, -0.15) is 18.4 Å². The van der Waals surface area contributed by atoms with E-state index in [9.17, 15) is 18.5 Å². The predicted molar refractivity (Wildman–Crippen MR) is 126 cm³/mol. The Kier molecular flexibility index (Phi) is 9.16. The fourth-order valence-electron chi connectivity index (χ4n) is 2.78. The van der Waals surface area contributed by atoms with E-state index in [4.69, 9.17) is 14.2 Å². The number of methoxy groups -OCH3 is 2. The maximum Gasteiger partial charge on any atom is 0.422 e. The van der Waals surface area contributed by atoms with Crippen LogP contribution in [0.3, 0.4) is 0 Å². The number of nitriles is 1. The first kappa shape index (κ1) is 26.5. The topological polar surface area (TPSA) is 140 Å². The highest BCUT2D eigenvalue weighted by atomic mass is 32.2. The van der Waals surface area contributed by atoms with Gasteiger partial charge in [0.25, 0.3) is 0 Å². The minimum absolute atomic E-state index is 0.145. The van der Waals surface area contributed by atoms with Gasteiger partial charge in [0.05, 0.1) is 25.3 Å². The normalized spacial score (nSPS) is 11.6. The molecule has 1 aromatic heterocycles. The van der Waals surface area contributed by atoms with E-state index in [2.05, 4.69) is 15.8 Å². The zero-order valence-corrected chi connectivity index (χ0v) is 20.9. The molecule has 0 aliphatic rings. The zero-order valence-electron chi connectivity index (χ0n) is 19.2. The van der Waals surface area contributed by atoms with E-state index in [0.29, 0.717) is 41.2 Å². The summed E-state index contributed by atoms with van der Waals surface area (Å²) in [5.74, 6) is 1.73. The van der Waals surface area contributed by atoms with Crippen molar-refractivity contribution in [2.24, 2.45) is 0 Å². The van der Waals surface area contributed by atoms with Gasteiger partial charge in [-0.25, -0.2) is 9.52 Å². The van der Waals surface area contributed by atoms with Gasteiger partial charge in [-0.15, -0.1) is 11.8 Å². The Labute approximate surface area is 198 Å². The Hall–Kier alpha value is -2.75. The van der Waals surface area contributed by atoms with Crippen LogP contribution in [0.5, 0.6) is 11.5 Å². The Morgan fingerprint density at radius 2 is 1.85 bits per heavy atom. The lowest BCUT2D eigenvalue weighted by Crippen LogP contribution is -2.43. The molecule has 1 heterocycles. The Morgan fingerprint density at radius 1 is 1.18 bits per heavy atom. The summed E-state index contributed by atoms with van der Waals surface area (Å²) in [5, 5.41) is 10.3. The van der Waals surface area contributed by atoms with E-state index >= 15 is 0 Å². The second-order valence-electron chi connectivity index (χ2n) is 7.89. The summed E-state index contributed by atoms with van der Waals surface area (Å²) >= 11 is 1.48. The van der Waals surface area contributed by atoms with Crippen molar-refractivity contribution in [3.05, 3.63) is 23.9 Å². The number of benzene rings is 1. The smallest absolute Gasteiger partial charge is 0.422 e. The molecule has 1 amide bonds. The van der Waals surface area contributed by atoms with Gasteiger partial charge in [-0.1, -0.05) is 0 Å². The minimum atomic E-state index is -4.00. The number of ether oxygens (including phenoxy) is 3. The molecule has 12 heteroatoms. The molecule has 0 unspecified atom stereocenters. The van der Waals surface area contributed by atoms with Crippen molar-refractivity contribution in [1.29, 1.82) is 5.26 Å². The molecule has 0 fully saturated rings. The number of nitrogens with zero attached hydrogens (tertiary/aromatic N) is 2. The molecular weight excluding hydrogens is 468 g/mol. The number of carbonyl (C=O) groups is 1. The molecule has 33 heavy (non-hydrogen) atoms. The van der Waals surface area contributed by atoms with Crippen molar-refractivity contribution in [3.8, 4) is 17.6 Å². The number of unbranched alkanes of at least 4 members (excludes halogenated alkanes) is 1. The van der Waals surface area contributed by atoms with Gasteiger partial charge < -0.3 is 14.2 Å². The Morgan fingerprint density at radius 3 is 2.45 bits per heavy atom. The molecule has 0 aliphatic heterocycles. The highest BCUT2D eigenvalue weighted by Gasteiger charge is 2.21. The number of hydrogen-bond donors (Lipinski definition) is 2. The number of carbonyl (C=O) groups excluding carboxylic acids is 1. The van der Waals surface area contributed by atoms with Gasteiger partial charge >= 0.3 is 16.3 Å². The number of rotatable bonds is 10. The number of hydrogen-bond acceptors (Lipinski definition) is 9. The van der Waals surface area contributed by atoms with Crippen LogP contribution >= 0.6 is 11.8 Å². The lowest BCUT2D eigenvalue weighted by Gasteiger charge is -2.19. The highest BCUT2D eigenvalue weighted by Crippen LogP contribution is 2.37. The van der Waals surface area contributed by atoms with Gasteiger partial charge in [-0.3, -0.25) is 4.98 Å². The van der Waals surface area contributed by atoms with Gasteiger partial charge in [0.2, 0.25) is 0 Å². The largest absolute Gasteiger partial charge is 0.493 e. The van der Waals surface area contributed by atoms with Gasteiger partial charge in [0, 0.05) is 29.1 Å². The van der Waals surface area contributed by atoms with E-state index in [1.54, 1.807) is 40.0 Å². The number of thioether (sulfide) groups is 1. The Bertz CT molecular complexity index is 1140. The molecule has 180 valence electrons. The SMILES string of the molecule is COc1cc2ncc(C#N)c(SCCCCNS(=O)(=O)NC(=O)OC(C)(C)C)c2cc1OC. The quantitative estimate of drug-likeness (QED) is 0.374. The van der Waals surface area contributed by atoms with Crippen LogP contribution in [0.1, 0.15) is 39.2 Å². The third kappa shape index (κ3) is 7.96. The molecule has 0 bridgehead atoms. The lowest BCUT2D eigenvalue weighted by atomic mass is 10.1. The highest BCUT2D eigenvalue weighted by molar-refractivity contribution is 7.99. The standard InChI is InChI=1S/C21H28N4O6S2/c1-21(2,3)31-20(26)25-33(27,28)24-8-6-7-9-32-19-14(12-22)13-23-16-11-18(30-5)17(29-4)10-15(16)19/h10-11,13,24H,6-9H2,1-5H3,(H,25,26). The average Bonchev–Trinajstić information content (AvgIpc) is 2.72. The molecule has 0 aliphatic carbocycles. The van der Waals surface area contributed by atoms with Crippen LogP contribution in [0.2, 0.25) is 0 Å². The molecule has 0 atom stereocenters. The second-order valence-corrected chi connectivity index (χ2v) is 10.5.